The number of nitrogens with one attached hydrogen (secondary N) is 1. The average molecular weight is 373 g/mol. The molecule has 1 fully saturated rings. The summed E-state index contributed by atoms with van der Waals surface area (Å²) in [5.74, 6) is 0.750. The van der Waals surface area contributed by atoms with Gasteiger partial charge in [-0.3, -0.25) is 9.59 Å². The van der Waals surface area contributed by atoms with Crippen LogP contribution in [0.15, 0.2) is 35.8 Å². The van der Waals surface area contributed by atoms with E-state index in [9.17, 15) is 9.59 Å². The molecule has 2 amide bonds. The van der Waals surface area contributed by atoms with Crippen molar-refractivity contribution in [2.45, 2.75) is 38.6 Å². The largest absolute Gasteiger partial charge is 0.484 e. The molecule has 138 valence electrons. The summed E-state index contributed by atoms with van der Waals surface area (Å²) in [4.78, 5) is 30.6. The minimum atomic E-state index is -0.460. The maximum absolute atomic E-state index is 12.5. The Balaban J connectivity index is 1.55. The van der Waals surface area contributed by atoms with Gasteiger partial charge in [-0.05, 0) is 36.5 Å². The molecule has 26 heavy (non-hydrogen) atoms. The van der Waals surface area contributed by atoms with Crippen LogP contribution >= 0.6 is 11.3 Å². The highest BCUT2D eigenvalue weighted by molar-refractivity contribution is 7.13. The second-order valence-corrected chi connectivity index (χ2v) is 7.48. The monoisotopic (exact) mass is 373 g/mol. The molecule has 1 unspecified atom stereocenters. The van der Waals surface area contributed by atoms with E-state index in [1.54, 1.807) is 16.5 Å². The van der Waals surface area contributed by atoms with Crippen LogP contribution in [-0.2, 0) is 9.59 Å². The van der Waals surface area contributed by atoms with Gasteiger partial charge in [-0.2, -0.15) is 0 Å². The number of hydrogen-bond acceptors (Lipinski definition) is 5. The zero-order valence-corrected chi connectivity index (χ0v) is 15.8. The highest BCUT2D eigenvalue weighted by Gasteiger charge is 2.34. The van der Waals surface area contributed by atoms with E-state index in [0.29, 0.717) is 29.8 Å². The lowest BCUT2D eigenvalue weighted by molar-refractivity contribution is -0.138. The highest BCUT2D eigenvalue weighted by Crippen LogP contribution is 2.22. The van der Waals surface area contributed by atoms with Crippen molar-refractivity contribution in [3.63, 3.8) is 0 Å². The molecule has 7 heteroatoms. The second-order valence-electron chi connectivity index (χ2n) is 6.58. The summed E-state index contributed by atoms with van der Waals surface area (Å²) in [5.41, 5.74) is 1.22. The number of likely N-dealkylation sites (tertiary alicyclic amines) is 1. The number of thiazole rings is 1. The molecule has 2 heterocycles. The van der Waals surface area contributed by atoms with Gasteiger partial charge >= 0.3 is 0 Å². The quantitative estimate of drug-likeness (QED) is 0.843. The lowest BCUT2D eigenvalue weighted by atomic mass is 10.0. The number of anilines is 1. The number of rotatable bonds is 6. The Morgan fingerprint density at radius 3 is 2.77 bits per heavy atom. The van der Waals surface area contributed by atoms with Crippen LogP contribution in [0.25, 0.3) is 0 Å². The maximum atomic E-state index is 12.5. The predicted octanol–water partition coefficient (Wildman–Crippen LogP) is 3.28. The molecule has 1 saturated heterocycles. The summed E-state index contributed by atoms with van der Waals surface area (Å²) < 4.78 is 5.62. The third-order valence-electron chi connectivity index (χ3n) is 4.45. The molecule has 1 aromatic heterocycles. The van der Waals surface area contributed by atoms with Crippen LogP contribution in [0.5, 0.6) is 5.75 Å². The molecule has 1 aliphatic rings. The van der Waals surface area contributed by atoms with Gasteiger partial charge in [-0.25, -0.2) is 4.98 Å². The molecular formula is C19H23N3O3S. The number of aromatic nitrogens is 1. The van der Waals surface area contributed by atoms with Crippen molar-refractivity contribution >= 4 is 28.3 Å². The molecule has 0 saturated carbocycles. The first-order chi connectivity index (χ1) is 12.5. The number of amides is 2. The Bertz CT molecular complexity index is 744. The molecule has 6 nitrogen and oxygen atoms in total. The minimum absolute atomic E-state index is 0.0674. The fourth-order valence-electron chi connectivity index (χ4n) is 2.99. The standard InChI is InChI=1S/C19H23N3O3S/c1-13(2)14-5-7-15(8-6-14)25-12-17(23)22-10-3-4-16(22)18(24)21-19-20-9-11-26-19/h5-9,11,13,16H,3-4,10,12H2,1-2H3,(H,20,21,24). The van der Waals surface area contributed by atoms with Crippen LogP contribution in [0.4, 0.5) is 5.13 Å². The van der Waals surface area contributed by atoms with Gasteiger partial charge in [0, 0.05) is 18.1 Å². The van der Waals surface area contributed by atoms with E-state index in [1.165, 1.54) is 16.9 Å². The van der Waals surface area contributed by atoms with E-state index in [0.717, 1.165) is 6.42 Å². The van der Waals surface area contributed by atoms with Crippen molar-refractivity contribution in [1.29, 1.82) is 0 Å². The smallest absolute Gasteiger partial charge is 0.261 e. The van der Waals surface area contributed by atoms with Gasteiger partial charge in [0.15, 0.2) is 11.7 Å². The zero-order valence-electron chi connectivity index (χ0n) is 15.0. The van der Waals surface area contributed by atoms with Crippen molar-refractivity contribution in [1.82, 2.24) is 9.88 Å². The molecule has 3 rings (SSSR count). The van der Waals surface area contributed by atoms with E-state index in [1.807, 2.05) is 24.3 Å². The Hall–Kier alpha value is -2.41. The molecule has 1 aromatic carbocycles. The molecule has 1 N–H and O–H groups in total. The maximum Gasteiger partial charge on any atom is 0.261 e. The van der Waals surface area contributed by atoms with E-state index in [-0.39, 0.29) is 18.4 Å². The highest BCUT2D eigenvalue weighted by atomic mass is 32.1. The van der Waals surface area contributed by atoms with Crippen LogP contribution in [0.2, 0.25) is 0 Å². The van der Waals surface area contributed by atoms with Crippen molar-refractivity contribution in [3.8, 4) is 5.75 Å². The Labute approximate surface area is 157 Å². The Kier molecular flexibility index (Phi) is 5.88. The predicted molar refractivity (Wildman–Crippen MR) is 102 cm³/mol. The molecular weight excluding hydrogens is 350 g/mol. The van der Waals surface area contributed by atoms with Gasteiger partial charge < -0.3 is 15.0 Å². The van der Waals surface area contributed by atoms with Gasteiger partial charge in [0.05, 0.1) is 0 Å². The Morgan fingerprint density at radius 2 is 2.12 bits per heavy atom. The van der Waals surface area contributed by atoms with Crippen LogP contribution in [0, 0.1) is 0 Å². The van der Waals surface area contributed by atoms with E-state index in [4.69, 9.17) is 4.74 Å². The first-order valence-electron chi connectivity index (χ1n) is 8.77. The summed E-state index contributed by atoms with van der Waals surface area (Å²) in [5, 5.41) is 5.12. The Morgan fingerprint density at radius 1 is 1.35 bits per heavy atom. The number of ether oxygens (including phenoxy) is 1. The van der Waals surface area contributed by atoms with Gasteiger partial charge in [0.2, 0.25) is 5.91 Å². The number of carbonyl (C=O) groups is 2. The fraction of sp³-hybridized carbons (Fsp3) is 0.421. The van der Waals surface area contributed by atoms with Crippen molar-refractivity contribution in [3.05, 3.63) is 41.4 Å². The zero-order chi connectivity index (χ0) is 18.5. The summed E-state index contributed by atoms with van der Waals surface area (Å²) >= 11 is 1.36. The number of benzene rings is 1. The normalized spacial score (nSPS) is 16.7. The van der Waals surface area contributed by atoms with E-state index in [2.05, 4.69) is 24.1 Å². The molecule has 0 aliphatic carbocycles. The lowest BCUT2D eigenvalue weighted by Crippen LogP contribution is -2.45. The SMILES string of the molecule is CC(C)c1ccc(OCC(=O)N2CCCC2C(=O)Nc2nccs2)cc1. The molecule has 0 radical (unpaired) electrons. The first-order valence-corrected chi connectivity index (χ1v) is 9.65. The summed E-state index contributed by atoms with van der Waals surface area (Å²) in [6.45, 7) is 4.76. The second kappa shape index (κ2) is 8.31. The number of carbonyl (C=O) groups excluding carboxylic acids is 2. The minimum Gasteiger partial charge on any atom is -0.484 e. The van der Waals surface area contributed by atoms with Gasteiger partial charge in [-0.1, -0.05) is 26.0 Å². The molecule has 1 atom stereocenters. The molecule has 1 aliphatic heterocycles. The number of nitrogens with zero attached hydrogens (tertiary/aromatic N) is 2. The first kappa shape index (κ1) is 18.4. The topological polar surface area (TPSA) is 71.5 Å². The van der Waals surface area contributed by atoms with Crippen LogP contribution < -0.4 is 10.1 Å². The summed E-state index contributed by atoms with van der Waals surface area (Å²) in [6, 6.07) is 7.30. The summed E-state index contributed by atoms with van der Waals surface area (Å²) in [7, 11) is 0. The van der Waals surface area contributed by atoms with Crippen molar-refractivity contribution in [2.75, 3.05) is 18.5 Å². The number of hydrogen-bond donors (Lipinski definition) is 1. The van der Waals surface area contributed by atoms with Crippen molar-refractivity contribution < 1.29 is 14.3 Å². The van der Waals surface area contributed by atoms with Crippen molar-refractivity contribution in [2.24, 2.45) is 0 Å². The average Bonchev–Trinajstić information content (AvgIpc) is 3.31. The van der Waals surface area contributed by atoms with E-state index < -0.39 is 6.04 Å². The van der Waals surface area contributed by atoms with Gasteiger partial charge in [-0.15, -0.1) is 11.3 Å². The van der Waals surface area contributed by atoms with Crippen LogP contribution in [0.3, 0.4) is 0 Å². The molecule has 0 spiro atoms. The fourth-order valence-corrected chi connectivity index (χ4v) is 3.52. The summed E-state index contributed by atoms with van der Waals surface area (Å²) in [6.07, 6.45) is 3.10. The third-order valence-corrected chi connectivity index (χ3v) is 5.14. The van der Waals surface area contributed by atoms with Crippen LogP contribution in [-0.4, -0.2) is 40.9 Å². The van der Waals surface area contributed by atoms with E-state index >= 15 is 0 Å². The van der Waals surface area contributed by atoms with Gasteiger partial charge in [0.1, 0.15) is 11.8 Å². The molecule has 2 aromatic rings. The lowest BCUT2D eigenvalue weighted by Gasteiger charge is -2.23. The van der Waals surface area contributed by atoms with Gasteiger partial charge in [0.25, 0.3) is 5.91 Å². The molecule has 0 bridgehead atoms. The third kappa shape index (κ3) is 4.40. The van der Waals surface area contributed by atoms with Crippen LogP contribution in [0.1, 0.15) is 38.2 Å².